The lowest BCUT2D eigenvalue weighted by atomic mass is 10.3. The van der Waals surface area contributed by atoms with E-state index in [4.69, 9.17) is 10.3 Å². The molecule has 0 saturated carbocycles. The van der Waals surface area contributed by atoms with E-state index in [9.17, 15) is 8.42 Å². The first kappa shape index (κ1) is 14.0. The molecule has 1 aromatic carbocycles. The summed E-state index contributed by atoms with van der Waals surface area (Å²) in [4.78, 5) is 3.90. The van der Waals surface area contributed by atoms with Gasteiger partial charge in [0.05, 0.1) is 12.2 Å². The Morgan fingerprint density at radius 2 is 2.21 bits per heavy atom. The molecule has 2 aromatic rings. The standard InChI is InChI=1S/C10H11BrN4O3S/c1-6-14-10(15-18-6)5-13-19(16,17)9-4-7(11)2-3-8(9)12/h2-4,13H,5,12H2,1H3. The highest BCUT2D eigenvalue weighted by molar-refractivity contribution is 9.10. The van der Waals surface area contributed by atoms with E-state index in [1.54, 1.807) is 13.0 Å². The van der Waals surface area contributed by atoms with Gasteiger partial charge >= 0.3 is 0 Å². The molecule has 0 radical (unpaired) electrons. The summed E-state index contributed by atoms with van der Waals surface area (Å²) in [6, 6.07) is 4.60. The van der Waals surface area contributed by atoms with E-state index in [2.05, 4.69) is 30.8 Å². The van der Waals surface area contributed by atoms with Crippen LogP contribution in [0.3, 0.4) is 0 Å². The maximum Gasteiger partial charge on any atom is 0.243 e. The number of nitrogens with one attached hydrogen (secondary N) is 1. The van der Waals surface area contributed by atoms with Gasteiger partial charge in [-0.3, -0.25) is 0 Å². The molecule has 7 nitrogen and oxygen atoms in total. The number of nitrogen functional groups attached to an aromatic ring is 1. The Balaban J connectivity index is 2.20. The summed E-state index contributed by atoms with van der Waals surface area (Å²) in [6.07, 6.45) is 0. The van der Waals surface area contributed by atoms with E-state index in [-0.39, 0.29) is 23.0 Å². The van der Waals surface area contributed by atoms with Crippen molar-refractivity contribution in [2.24, 2.45) is 0 Å². The number of aryl methyl sites for hydroxylation is 1. The molecule has 0 saturated heterocycles. The van der Waals surface area contributed by atoms with Gasteiger partial charge in [-0.05, 0) is 18.2 Å². The average Bonchev–Trinajstić information content (AvgIpc) is 2.76. The number of nitrogens with two attached hydrogens (primary N) is 1. The highest BCUT2D eigenvalue weighted by atomic mass is 79.9. The van der Waals surface area contributed by atoms with Crippen molar-refractivity contribution in [3.05, 3.63) is 34.4 Å². The van der Waals surface area contributed by atoms with Gasteiger partial charge in [-0.15, -0.1) is 0 Å². The van der Waals surface area contributed by atoms with Gasteiger partial charge in [-0.1, -0.05) is 21.1 Å². The van der Waals surface area contributed by atoms with Crippen LogP contribution < -0.4 is 10.5 Å². The SMILES string of the molecule is Cc1nc(CNS(=O)(=O)c2cc(Br)ccc2N)no1. The van der Waals surface area contributed by atoms with Crippen molar-refractivity contribution >= 4 is 31.6 Å². The third-order valence-corrected chi connectivity index (χ3v) is 4.21. The molecule has 0 aliphatic carbocycles. The van der Waals surface area contributed by atoms with Crippen molar-refractivity contribution < 1.29 is 12.9 Å². The quantitative estimate of drug-likeness (QED) is 0.804. The van der Waals surface area contributed by atoms with Gasteiger partial charge in [0, 0.05) is 11.4 Å². The molecule has 0 aliphatic heterocycles. The first-order valence-electron chi connectivity index (χ1n) is 5.22. The van der Waals surface area contributed by atoms with Gasteiger partial charge in [-0.2, -0.15) is 4.98 Å². The molecule has 0 bridgehead atoms. The zero-order chi connectivity index (χ0) is 14.0. The van der Waals surface area contributed by atoms with Crippen molar-refractivity contribution in [3.63, 3.8) is 0 Å². The maximum atomic E-state index is 12.1. The zero-order valence-corrected chi connectivity index (χ0v) is 12.3. The molecular weight excluding hydrogens is 336 g/mol. The Morgan fingerprint density at radius 3 is 2.84 bits per heavy atom. The number of anilines is 1. The summed E-state index contributed by atoms with van der Waals surface area (Å²) in [7, 11) is -3.73. The average molecular weight is 347 g/mol. The van der Waals surface area contributed by atoms with E-state index in [1.165, 1.54) is 12.1 Å². The van der Waals surface area contributed by atoms with Crippen LogP contribution in [-0.2, 0) is 16.6 Å². The van der Waals surface area contributed by atoms with Crippen molar-refractivity contribution in [3.8, 4) is 0 Å². The largest absolute Gasteiger partial charge is 0.398 e. The highest BCUT2D eigenvalue weighted by Crippen LogP contribution is 2.22. The van der Waals surface area contributed by atoms with E-state index in [0.717, 1.165) is 0 Å². The van der Waals surface area contributed by atoms with Crippen LogP contribution in [0.15, 0.2) is 32.1 Å². The minimum absolute atomic E-state index is 0.00194. The van der Waals surface area contributed by atoms with Crippen LogP contribution in [0.1, 0.15) is 11.7 Å². The van der Waals surface area contributed by atoms with Crippen LogP contribution in [0.25, 0.3) is 0 Å². The molecular formula is C10H11BrN4O3S. The molecule has 1 aromatic heterocycles. The molecule has 0 atom stereocenters. The fraction of sp³-hybridized carbons (Fsp3) is 0.200. The molecule has 9 heteroatoms. The number of nitrogens with zero attached hydrogens (tertiary/aromatic N) is 2. The summed E-state index contributed by atoms with van der Waals surface area (Å²) in [5.41, 5.74) is 5.83. The smallest absolute Gasteiger partial charge is 0.243 e. The molecule has 1 heterocycles. The number of aromatic nitrogens is 2. The molecule has 0 amide bonds. The van der Waals surface area contributed by atoms with Gasteiger partial charge in [0.2, 0.25) is 15.9 Å². The van der Waals surface area contributed by atoms with Crippen molar-refractivity contribution in [1.82, 2.24) is 14.9 Å². The molecule has 2 rings (SSSR count). The number of sulfonamides is 1. The Labute approximate surface area is 118 Å². The second kappa shape index (κ2) is 5.27. The second-order valence-electron chi connectivity index (χ2n) is 3.74. The minimum Gasteiger partial charge on any atom is -0.398 e. The number of hydrogen-bond acceptors (Lipinski definition) is 6. The molecule has 0 unspecified atom stereocenters. The highest BCUT2D eigenvalue weighted by Gasteiger charge is 2.18. The van der Waals surface area contributed by atoms with Gasteiger partial charge in [0.25, 0.3) is 0 Å². The van der Waals surface area contributed by atoms with Gasteiger partial charge < -0.3 is 10.3 Å². The number of rotatable bonds is 4. The second-order valence-corrected chi connectivity index (χ2v) is 6.39. The molecule has 102 valence electrons. The van der Waals surface area contributed by atoms with E-state index < -0.39 is 10.0 Å². The van der Waals surface area contributed by atoms with E-state index >= 15 is 0 Å². The summed E-state index contributed by atoms with van der Waals surface area (Å²) in [6.45, 7) is 1.56. The predicted molar refractivity (Wildman–Crippen MR) is 71.6 cm³/mol. The van der Waals surface area contributed by atoms with Gasteiger partial charge in [-0.25, -0.2) is 13.1 Å². The first-order chi connectivity index (χ1) is 8.88. The van der Waals surface area contributed by atoms with Crippen molar-refractivity contribution in [1.29, 1.82) is 0 Å². The van der Waals surface area contributed by atoms with Crippen molar-refractivity contribution in [2.75, 3.05) is 5.73 Å². The summed E-state index contributed by atoms with van der Waals surface area (Å²) in [5, 5.41) is 3.60. The lowest BCUT2D eigenvalue weighted by Gasteiger charge is -2.08. The Bertz CT molecular complexity index is 699. The predicted octanol–water partition coefficient (Wildman–Crippen LogP) is 1.20. The van der Waals surface area contributed by atoms with E-state index in [1.807, 2.05) is 0 Å². The van der Waals surface area contributed by atoms with Crippen LogP contribution >= 0.6 is 15.9 Å². The summed E-state index contributed by atoms with van der Waals surface area (Å²) < 4.78 is 31.9. The van der Waals surface area contributed by atoms with Crippen LogP contribution in [-0.4, -0.2) is 18.6 Å². The Morgan fingerprint density at radius 1 is 1.47 bits per heavy atom. The van der Waals surface area contributed by atoms with E-state index in [0.29, 0.717) is 10.4 Å². The fourth-order valence-electron chi connectivity index (χ4n) is 1.39. The topological polar surface area (TPSA) is 111 Å². The van der Waals surface area contributed by atoms with Crippen LogP contribution in [0.2, 0.25) is 0 Å². The van der Waals surface area contributed by atoms with Crippen LogP contribution in [0.4, 0.5) is 5.69 Å². The first-order valence-corrected chi connectivity index (χ1v) is 7.50. The Hall–Kier alpha value is -1.45. The molecule has 3 N–H and O–H groups in total. The lowest BCUT2D eigenvalue weighted by Crippen LogP contribution is -2.24. The molecule has 0 fully saturated rings. The lowest BCUT2D eigenvalue weighted by molar-refractivity contribution is 0.387. The van der Waals surface area contributed by atoms with Crippen molar-refractivity contribution in [2.45, 2.75) is 18.4 Å². The summed E-state index contributed by atoms with van der Waals surface area (Å²) >= 11 is 3.20. The minimum atomic E-state index is -3.73. The molecule has 0 aliphatic rings. The van der Waals surface area contributed by atoms with Gasteiger partial charge in [0.15, 0.2) is 5.82 Å². The number of hydrogen-bond donors (Lipinski definition) is 2. The molecule has 0 spiro atoms. The Kier molecular flexibility index (Phi) is 3.88. The number of halogens is 1. The van der Waals surface area contributed by atoms with Crippen LogP contribution in [0, 0.1) is 6.92 Å². The summed E-state index contributed by atoms with van der Waals surface area (Å²) in [5.74, 6) is 0.630. The van der Waals surface area contributed by atoms with Gasteiger partial charge in [0.1, 0.15) is 4.90 Å². The molecule has 19 heavy (non-hydrogen) atoms. The normalized spacial score (nSPS) is 11.7. The number of benzene rings is 1. The third kappa shape index (κ3) is 3.31. The third-order valence-electron chi connectivity index (χ3n) is 2.26. The zero-order valence-electron chi connectivity index (χ0n) is 9.92. The fourth-order valence-corrected chi connectivity index (χ4v) is 3.04. The maximum absolute atomic E-state index is 12.1. The monoisotopic (exact) mass is 346 g/mol. The van der Waals surface area contributed by atoms with Crippen LogP contribution in [0.5, 0.6) is 0 Å².